The van der Waals surface area contributed by atoms with Crippen molar-refractivity contribution >= 4 is 37.9 Å². The maximum atomic E-state index is 13.6. The Morgan fingerprint density at radius 2 is 1.75 bits per heavy atom. The van der Waals surface area contributed by atoms with Crippen molar-refractivity contribution in [3.63, 3.8) is 0 Å². The van der Waals surface area contributed by atoms with Crippen molar-refractivity contribution in [2.24, 2.45) is 0 Å². The van der Waals surface area contributed by atoms with Gasteiger partial charge in [-0.15, -0.1) is 0 Å². The molecule has 3 aromatic carbocycles. The fourth-order valence-corrected chi connectivity index (χ4v) is 6.60. The van der Waals surface area contributed by atoms with Gasteiger partial charge < -0.3 is 14.1 Å². The highest BCUT2D eigenvalue weighted by Gasteiger charge is 2.30. The summed E-state index contributed by atoms with van der Waals surface area (Å²) >= 11 is 0. The molecule has 0 aliphatic heterocycles. The standard InChI is InChI=1S/C31H28N2O6S/c1-18-10-12-21(13-11-18)40(36,37)33-27(16-20-17-32-26-9-4-3-6-22(20)26)31(35)38-28-15-14-24-23-7-5-8-25(23)30(34)39-29(24)19(28)2/h3-4,6,9-15,17,27,32-33H,5,7-8,16H2,1-2H3. The van der Waals surface area contributed by atoms with E-state index in [0.29, 0.717) is 23.1 Å². The molecule has 40 heavy (non-hydrogen) atoms. The van der Waals surface area contributed by atoms with Crippen LogP contribution >= 0.6 is 0 Å². The number of carbonyl (C=O) groups is 1. The normalized spacial score (nSPS) is 13.9. The Morgan fingerprint density at radius 3 is 2.55 bits per heavy atom. The van der Waals surface area contributed by atoms with E-state index in [1.54, 1.807) is 37.4 Å². The first kappa shape index (κ1) is 26.0. The minimum atomic E-state index is -4.05. The fraction of sp³-hybridized carbons (Fsp3) is 0.226. The Kier molecular flexibility index (Phi) is 6.56. The van der Waals surface area contributed by atoms with Crippen LogP contribution in [-0.4, -0.2) is 25.4 Å². The summed E-state index contributed by atoms with van der Waals surface area (Å²) in [5.41, 5.74) is 4.76. The summed E-state index contributed by atoms with van der Waals surface area (Å²) in [5, 5.41) is 1.71. The number of esters is 1. The molecule has 8 nitrogen and oxygen atoms in total. The number of sulfonamides is 1. The van der Waals surface area contributed by atoms with Crippen LogP contribution in [0.4, 0.5) is 0 Å². The predicted octanol–water partition coefficient (Wildman–Crippen LogP) is 4.88. The number of fused-ring (bicyclic) bond motifs is 4. The summed E-state index contributed by atoms with van der Waals surface area (Å²) in [6.07, 6.45) is 4.21. The quantitative estimate of drug-likeness (QED) is 0.168. The molecule has 0 amide bonds. The number of hydrogen-bond donors (Lipinski definition) is 2. The summed E-state index contributed by atoms with van der Waals surface area (Å²) in [4.78, 5) is 29.4. The van der Waals surface area contributed by atoms with Gasteiger partial charge in [0.1, 0.15) is 17.4 Å². The Morgan fingerprint density at radius 1 is 1.00 bits per heavy atom. The van der Waals surface area contributed by atoms with Gasteiger partial charge in [0, 0.05) is 40.0 Å². The molecule has 0 saturated carbocycles. The number of hydrogen-bond acceptors (Lipinski definition) is 6. The second-order valence-corrected chi connectivity index (χ2v) is 12.0. The number of H-pyrrole nitrogens is 1. The van der Waals surface area contributed by atoms with Crippen molar-refractivity contribution in [2.45, 2.75) is 50.5 Å². The van der Waals surface area contributed by atoms with Gasteiger partial charge in [-0.05, 0) is 74.6 Å². The second kappa shape index (κ2) is 10.1. The van der Waals surface area contributed by atoms with Crippen LogP contribution in [0, 0.1) is 13.8 Å². The SMILES string of the molecule is Cc1ccc(S(=O)(=O)NC(Cc2c[nH]c3ccccc23)C(=O)Oc2ccc3c4c(c(=O)oc3c2C)CCC4)cc1. The topological polar surface area (TPSA) is 118 Å². The third-order valence-electron chi connectivity index (χ3n) is 7.56. The zero-order chi connectivity index (χ0) is 28.0. The summed E-state index contributed by atoms with van der Waals surface area (Å²) in [7, 11) is -4.05. The summed E-state index contributed by atoms with van der Waals surface area (Å²) in [6, 6.07) is 16.2. The number of ether oxygens (including phenoxy) is 1. The molecular formula is C31H28N2O6S. The molecule has 6 rings (SSSR count). The molecule has 2 heterocycles. The molecule has 1 unspecified atom stereocenters. The number of aryl methyl sites for hydroxylation is 3. The highest BCUT2D eigenvalue weighted by Crippen LogP contribution is 2.33. The fourth-order valence-electron chi connectivity index (χ4n) is 5.42. The Labute approximate surface area is 231 Å². The van der Waals surface area contributed by atoms with Crippen molar-refractivity contribution in [1.29, 1.82) is 0 Å². The molecule has 9 heteroatoms. The van der Waals surface area contributed by atoms with Crippen LogP contribution in [0.1, 0.15) is 34.2 Å². The zero-order valence-corrected chi connectivity index (χ0v) is 22.9. The molecule has 0 fully saturated rings. The average Bonchev–Trinajstić information content (AvgIpc) is 3.59. The average molecular weight is 557 g/mol. The van der Waals surface area contributed by atoms with Crippen LogP contribution < -0.4 is 15.1 Å². The van der Waals surface area contributed by atoms with Gasteiger partial charge in [0.2, 0.25) is 10.0 Å². The van der Waals surface area contributed by atoms with E-state index in [2.05, 4.69) is 9.71 Å². The van der Waals surface area contributed by atoms with E-state index >= 15 is 0 Å². The van der Waals surface area contributed by atoms with Gasteiger partial charge in [-0.1, -0.05) is 35.9 Å². The number of nitrogens with one attached hydrogen (secondary N) is 2. The van der Waals surface area contributed by atoms with Crippen molar-refractivity contribution < 1.29 is 22.4 Å². The maximum absolute atomic E-state index is 13.6. The minimum absolute atomic E-state index is 0.0485. The largest absolute Gasteiger partial charge is 0.425 e. The highest BCUT2D eigenvalue weighted by molar-refractivity contribution is 7.89. The van der Waals surface area contributed by atoms with Gasteiger partial charge in [-0.2, -0.15) is 4.72 Å². The van der Waals surface area contributed by atoms with Crippen LogP contribution in [0.2, 0.25) is 0 Å². The number of para-hydroxylation sites is 1. The number of aromatic amines is 1. The van der Waals surface area contributed by atoms with E-state index in [4.69, 9.17) is 9.15 Å². The van der Waals surface area contributed by atoms with Crippen molar-refractivity contribution in [2.75, 3.05) is 0 Å². The van der Waals surface area contributed by atoms with Crippen molar-refractivity contribution in [3.05, 3.63) is 105 Å². The van der Waals surface area contributed by atoms with Gasteiger partial charge in [0.15, 0.2) is 0 Å². The third-order valence-corrected chi connectivity index (χ3v) is 9.05. The first-order valence-electron chi connectivity index (χ1n) is 13.1. The lowest BCUT2D eigenvalue weighted by Gasteiger charge is -2.19. The smallest absolute Gasteiger partial charge is 0.339 e. The van der Waals surface area contributed by atoms with Crippen molar-refractivity contribution in [3.8, 4) is 5.75 Å². The van der Waals surface area contributed by atoms with Crippen LogP contribution in [0.15, 0.2) is 81.0 Å². The molecule has 1 atom stereocenters. The van der Waals surface area contributed by atoms with E-state index < -0.39 is 22.0 Å². The van der Waals surface area contributed by atoms with Gasteiger partial charge in [-0.3, -0.25) is 0 Å². The van der Waals surface area contributed by atoms with Gasteiger partial charge in [-0.25, -0.2) is 18.0 Å². The summed E-state index contributed by atoms with van der Waals surface area (Å²) in [6.45, 7) is 3.59. The van der Waals surface area contributed by atoms with E-state index in [1.807, 2.05) is 31.2 Å². The number of rotatable bonds is 7. The van der Waals surface area contributed by atoms with Crippen LogP contribution in [0.3, 0.4) is 0 Å². The number of benzene rings is 3. The number of carbonyl (C=O) groups excluding carboxylic acids is 1. The van der Waals surface area contributed by atoms with E-state index in [0.717, 1.165) is 45.8 Å². The van der Waals surface area contributed by atoms with Gasteiger partial charge >= 0.3 is 11.6 Å². The van der Waals surface area contributed by atoms with Crippen LogP contribution in [0.5, 0.6) is 5.75 Å². The van der Waals surface area contributed by atoms with E-state index in [1.165, 1.54) is 12.1 Å². The molecule has 2 N–H and O–H groups in total. The Bertz CT molecular complexity index is 1940. The summed E-state index contributed by atoms with van der Waals surface area (Å²) < 4.78 is 40.6. The Hall–Kier alpha value is -4.21. The Balaban J connectivity index is 1.35. The minimum Gasteiger partial charge on any atom is -0.425 e. The molecular weight excluding hydrogens is 528 g/mol. The monoisotopic (exact) mass is 556 g/mol. The second-order valence-electron chi connectivity index (χ2n) is 10.2. The van der Waals surface area contributed by atoms with E-state index in [9.17, 15) is 18.0 Å². The lowest BCUT2D eigenvalue weighted by molar-refractivity contribution is -0.136. The molecule has 0 bridgehead atoms. The highest BCUT2D eigenvalue weighted by atomic mass is 32.2. The first-order chi connectivity index (χ1) is 19.2. The molecule has 0 radical (unpaired) electrons. The van der Waals surface area contributed by atoms with Crippen LogP contribution in [0.25, 0.3) is 21.9 Å². The molecule has 1 aliphatic rings. The van der Waals surface area contributed by atoms with Crippen molar-refractivity contribution in [1.82, 2.24) is 9.71 Å². The maximum Gasteiger partial charge on any atom is 0.339 e. The number of aromatic nitrogens is 1. The molecule has 204 valence electrons. The zero-order valence-electron chi connectivity index (χ0n) is 22.1. The van der Waals surface area contributed by atoms with Crippen LogP contribution in [-0.2, 0) is 34.1 Å². The molecule has 1 aliphatic carbocycles. The predicted molar refractivity (Wildman–Crippen MR) is 152 cm³/mol. The van der Waals surface area contributed by atoms with Gasteiger partial charge in [0.25, 0.3) is 0 Å². The lowest BCUT2D eigenvalue weighted by atomic mass is 10.0. The third kappa shape index (κ3) is 4.71. The molecule has 0 saturated heterocycles. The summed E-state index contributed by atoms with van der Waals surface area (Å²) in [5.74, 6) is -0.566. The van der Waals surface area contributed by atoms with Gasteiger partial charge in [0.05, 0.1) is 4.90 Å². The molecule has 2 aromatic heterocycles. The van der Waals surface area contributed by atoms with E-state index in [-0.39, 0.29) is 22.7 Å². The first-order valence-corrected chi connectivity index (χ1v) is 14.6. The lowest BCUT2D eigenvalue weighted by Crippen LogP contribution is -2.44. The molecule has 0 spiro atoms. The molecule has 5 aromatic rings.